The van der Waals surface area contributed by atoms with Gasteiger partial charge in [0.15, 0.2) is 5.13 Å². The predicted molar refractivity (Wildman–Crippen MR) is 90.7 cm³/mol. The third-order valence-corrected chi connectivity index (χ3v) is 4.36. The molecule has 2 aromatic heterocycles. The van der Waals surface area contributed by atoms with Gasteiger partial charge in [-0.25, -0.2) is 4.98 Å². The molecule has 0 radical (unpaired) electrons. The zero-order chi connectivity index (χ0) is 15.0. The minimum absolute atomic E-state index is 0.384. The first-order chi connectivity index (χ1) is 10.1. The normalized spacial score (nSPS) is 11.4. The van der Waals surface area contributed by atoms with Crippen LogP contribution < -0.4 is 5.73 Å². The molecule has 0 bridgehead atoms. The van der Waals surface area contributed by atoms with E-state index < -0.39 is 0 Å². The molecule has 0 aliphatic heterocycles. The monoisotopic (exact) mass is 297 g/mol. The van der Waals surface area contributed by atoms with Gasteiger partial charge in [0.1, 0.15) is 0 Å². The molecule has 0 saturated carbocycles. The van der Waals surface area contributed by atoms with Crippen LogP contribution in [0.1, 0.15) is 37.9 Å². The number of nitrogen functional groups attached to an aromatic ring is 1. The molecule has 4 heteroatoms. The van der Waals surface area contributed by atoms with Crippen LogP contribution >= 0.6 is 11.3 Å². The molecule has 108 valence electrons. The van der Waals surface area contributed by atoms with Gasteiger partial charge < -0.3 is 5.73 Å². The lowest BCUT2D eigenvalue weighted by molar-refractivity contribution is 0.830. The molecule has 0 amide bonds. The van der Waals surface area contributed by atoms with Crippen LogP contribution in [-0.2, 0) is 6.42 Å². The Balaban J connectivity index is 2.32. The van der Waals surface area contributed by atoms with Crippen molar-refractivity contribution in [2.45, 2.75) is 33.1 Å². The zero-order valence-corrected chi connectivity index (χ0v) is 13.4. The second-order valence-corrected chi connectivity index (χ2v) is 6.42. The first kappa shape index (κ1) is 14.0. The number of anilines is 1. The first-order valence-corrected chi connectivity index (χ1v) is 8.11. The molecule has 0 spiro atoms. The van der Waals surface area contributed by atoms with Crippen molar-refractivity contribution in [2.75, 3.05) is 5.73 Å². The summed E-state index contributed by atoms with van der Waals surface area (Å²) >= 11 is 1.48. The average molecular weight is 297 g/mol. The van der Waals surface area contributed by atoms with Gasteiger partial charge in [-0.2, -0.15) is 0 Å². The molecule has 0 aliphatic carbocycles. The van der Waals surface area contributed by atoms with E-state index in [1.165, 1.54) is 16.9 Å². The highest BCUT2D eigenvalue weighted by atomic mass is 32.1. The molecule has 0 atom stereocenters. The number of pyridine rings is 1. The second kappa shape index (κ2) is 5.45. The largest absolute Gasteiger partial charge is 0.375 e. The number of hydrogen-bond donors (Lipinski definition) is 1. The molecule has 2 heterocycles. The summed E-state index contributed by atoms with van der Waals surface area (Å²) in [4.78, 5) is 9.24. The van der Waals surface area contributed by atoms with Crippen molar-refractivity contribution >= 4 is 27.4 Å². The number of nitrogens with two attached hydrogens (primary N) is 1. The lowest BCUT2D eigenvalue weighted by Gasteiger charge is -2.11. The number of nitrogens with zero attached hydrogens (tertiary/aromatic N) is 2. The third kappa shape index (κ3) is 2.63. The summed E-state index contributed by atoms with van der Waals surface area (Å²) in [6, 6.07) is 8.64. The van der Waals surface area contributed by atoms with E-state index in [0.717, 1.165) is 34.3 Å². The number of hydrogen-bond acceptors (Lipinski definition) is 4. The third-order valence-electron chi connectivity index (χ3n) is 3.69. The fourth-order valence-electron chi connectivity index (χ4n) is 2.43. The standard InChI is InChI=1S/C17H19N3S/c1-4-11-5-6-14-12(7-11)13(8-15(19-14)10(2)3)16-9-21-17(18)20-16/h5-10H,4H2,1-3H3,(H2,18,20). The minimum Gasteiger partial charge on any atom is -0.375 e. The van der Waals surface area contributed by atoms with Gasteiger partial charge in [0.05, 0.1) is 11.2 Å². The highest BCUT2D eigenvalue weighted by Gasteiger charge is 2.12. The fraction of sp³-hybridized carbons (Fsp3) is 0.294. The highest BCUT2D eigenvalue weighted by molar-refractivity contribution is 7.13. The Morgan fingerprint density at radius 3 is 2.62 bits per heavy atom. The lowest BCUT2D eigenvalue weighted by Crippen LogP contribution is -1.96. The Morgan fingerprint density at radius 2 is 2.00 bits per heavy atom. The molecule has 1 aromatic carbocycles. The van der Waals surface area contributed by atoms with E-state index in [1.807, 2.05) is 5.38 Å². The van der Waals surface area contributed by atoms with Crippen molar-refractivity contribution in [1.82, 2.24) is 9.97 Å². The maximum Gasteiger partial charge on any atom is 0.180 e. The van der Waals surface area contributed by atoms with Crippen molar-refractivity contribution in [3.05, 3.63) is 40.9 Å². The van der Waals surface area contributed by atoms with E-state index in [-0.39, 0.29) is 0 Å². The van der Waals surface area contributed by atoms with E-state index in [0.29, 0.717) is 11.0 Å². The van der Waals surface area contributed by atoms with Gasteiger partial charge in [0.2, 0.25) is 0 Å². The number of benzene rings is 1. The zero-order valence-electron chi connectivity index (χ0n) is 12.6. The summed E-state index contributed by atoms with van der Waals surface area (Å²) in [7, 11) is 0. The van der Waals surface area contributed by atoms with Crippen molar-refractivity contribution in [3.8, 4) is 11.3 Å². The number of thiazole rings is 1. The van der Waals surface area contributed by atoms with E-state index in [4.69, 9.17) is 10.7 Å². The first-order valence-electron chi connectivity index (χ1n) is 7.23. The van der Waals surface area contributed by atoms with Crippen LogP contribution in [0, 0.1) is 0 Å². The molecule has 3 nitrogen and oxygen atoms in total. The summed E-state index contributed by atoms with van der Waals surface area (Å²) in [6.45, 7) is 6.49. The van der Waals surface area contributed by atoms with Crippen molar-refractivity contribution < 1.29 is 0 Å². The summed E-state index contributed by atoms with van der Waals surface area (Å²) in [5.41, 5.74) is 11.3. The molecule has 0 unspecified atom stereocenters. The number of rotatable bonds is 3. The van der Waals surface area contributed by atoms with Crippen LogP contribution in [0.25, 0.3) is 22.2 Å². The SMILES string of the molecule is CCc1ccc2nc(C(C)C)cc(-c3csc(N)n3)c2c1. The average Bonchev–Trinajstić information content (AvgIpc) is 2.91. The highest BCUT2D eigenvalue weighted by Crippen LogP contribution is 2.32. The predicted octanol–water partition coefficient (Wildman–Crippen LogP) is 4.63. The number of aryl methyl sites for hydroxylation is 1. The molecule has 0 aliphatic rings. The fourth-order valence-corrected chi connectivity index (χ4v) is 3.00. The minimum atomic E-state index is 0.384. The molecule has 0 fully saturated rings. The molecule has 3 aromatic rings. The van der Waals surface area contributed by atoms with Gasteiger partial charge in [-0.1, -0.05) is 26.8 Å². The Hall–Kier alpha value is -1.94. The Labute approximate surface area is 128 Å². The van der Waals surface area contributed by atoms with E-state index in [1.54, 1.807) is 0 Å². The van der Waals surface area contributed by atoms with Gasteiger partial charge in [-0.3, -0.25) is 4.98 Å². The van der Waals surface area contributed by atoms with Crippen LogP contribution in [0.15, 0.2) is 29.6 Å². The molecule has 0 saturated heterocycles. The maximum atomic E-state index is 5.81. The van der Waals surface area contributed by atoms with Crippen LogP contribution in [0.4, 0.5) is 5.13 Å². The quantitative estimate of drug-likeness (QED) is 0.767. The summed E-state index contributed by atoms with van der Waals surface area (Å²) in [6.07, 6.45) is 1.01. The molecular weight excluding hydrogens is 278 g/mol. The lowest BCUT2D eigenvalue weighted by atomic mass is 9.99. The van der Waals surface area contributed by atoms with E-state index in [2.05, 4.69) is 50.0 Å². The van der Waals surface area contributed by atoms with Crippen molar-refractivity contribution in [2.24, 2.45) is 0 Å². The molecule has 3 rings (SSSR count). The second-order valence-electron chi connectivity index (χ2n) is 5.53. The van der Waals surface area contributed by atoms with Crippen molar-refractivity contribution in [3.63, 3.8) is 0 Å². The summed E-state index contributed by atoms with van der Waals surface area (Å²) in [5, 5.41) is 3.78. The Morgan fingerprint density at radius 1 is 1.19 bits per heavy atom. The van der Waals surface area contributed by atoms with Crippen LogP contribution in [0.2, 0.25) is 0 Å². The number of fused-ring (bicyclic) bond motifs is 1. The van der Waals surface area contributed by atoms with Gasteiger partial charge in [-0.05, 0) is 36.1 Å². The van der Waals surface area contributed by atoms with Crippen molar-refractivity contribution in [1.29, 1.82) is 0 Å². The molecular formula is C17H19N3S. The Kier molecular flexibility index (Phi) is 3.64. The van der Waals surface area contributed by atoms with Gasteiger partial charge in [-0.15, -0.1) is 11.3 Å². The Bertz CT molecular complexity index is 790. The van der Waals surface area contributed by atoms with E-state index >= 15 is 0 Å². The smallest absolute Gasteiger partial charge is 0.180 e. The topological polar surface area (TPSA) is 51.8 Å². The van der Waals surface area contributed by atoms with E-state index in [9.17, 15) is 0 Å². The van der Waals surface area contributed by atoms with Crippen LogP contribution in [0.5, 0.6) is 0 Å². The van der Waals surface area contributed by atoms with Gasteiger partial charge in [0, 0.05) is 22.0 Å². The van der Waals surface area contributed by atoms with Gasteiger partial charge in [0.25, 0.3) is 0 Å². The molecule has 2 N–H and O–H groups in total. The summed E-state index contributed by atoms with van der Waals surface area (Å²) in [5.74, 6) is 0.384. The number of aromatic nitrogens is 2. The van der Waals surface area contributed by atoms with Gasteiger partial charge >= 0.3 is 0 Å². The maximum absolute atomic E-state index is 5.81. The molecule has 21 heavy (non-hydrogen) atoms. The van der Waals surface area contributed by atoms with Crippen LogP contribution in [0.3, 0.4) is 0 Å². The van der Waals surface area contributed by atoms with Crippen LogP contribution in [-0.4, -0.2) is 9.97 Å². The summed E-state index contributed by atoms with van der Waals surface area (Å²) < 4.78 is 0.